The number of hydrogen-bond donors (Lipinski definition) is 2. The second-order valence-electron chi connectivity index (χ2n) is 7.19. The van der Waals surface area contributed by atoms with Gasteiger partial charge < -0.3 is 20.9 Å². The fraction of sp³-hybridized carbons (Fsp3) is 0.632. The molecule has 2 unspecified atom stereocenters. The molecule has 0 radical (unpaired) electrons. The Bertz CT molecular complexity index is 664. The van der Waals surface area contributed by atoms with Gasteiger partial charge >= 0.3 is 0 Å². The highest BCUT2D eigenvalue weighted by molar-refractivity contribution is 7.12. The maximum absolute atomic E-state index is 13.2. The van der Waals surface area contributed by atoms with Gasteiger partial charge in [0.25, 0.3) is 5.91 Å². The summed E-state index contributed by atoms with van der Waals surface area (Å²) in [5, 5.41) is 4.70. The van der Waals surface area contributed by atoms with Gasteiger partial charge in [0, 0.05) is 32.7 Å². The number of hydrogen-bond acceptors (Lipinski definition) is 5. The van der Waals surface area contributed by atoms with Crippen LogP contribution in [0, 0.1) is 5.92 Å². The lowest BCUT2D eigenvalue weighted by atomic mass is 9.94. The van der Waals surface area contributed by atoms with Gasteiger partial charge in [0.1, 0.15) is 6.04 Å². The van der Waals surface area contributed by atoms with E-state index < -0.39 is 6.04 Å². The molecule has 3 heterocycles. The van der Waals surface area contributed by atoms with Crippen molar-refractivity contribution < 1.29 is 14.4 Å². The molecule has 7 nitrogen and oxygen atoms in total. The molecule has 2 atom stereocenters. The Morgan fingerprint density at radius 3 is 2.78 bits per heavy atom. The van der Waals surface area contributed by atoms with Crippen LogP contribution in [0.3, 0.4) is 0 Å². The number of nitrogens with two attached hydrogens (primary N) is 1. The molecule has 3 amide bonds. The number of likely N-dealkylation sites (tertiary alicyclic amines) is 2. The van der Waals surface area contributed by atoms with Gasteiger partial charge in [-0.05, 0) is 43.6 Å². The smallest absolute Gasteiger partial charge is 0.264 e. The quantitative estimate of drug-likeness (QED) is 0.783. The van der Waals surface area contributed by atoms with E-state index in [1.54, 1.807) is 9.80 Å². The van der Waals surface area contributed by atoms with Crippen molar-refractivity contribution in [3.63, 3.8) is 0 Å². The zero-order chi connectivity index (χ0) is 19.2. The van der Waals surface area contributed by atoms with Gasteiger partial charge in [-0.15, -0.1) is 11.3 Å². The Morgan fingerprint density at radius 1 is 1.19 bits per heavy atom. The van der Waals surface area contributed by atoms with Gasteiger partial charge in [-0.25, -0.2) is 0 Å². The van der Waals surface area contributed by atoms with Crippen LogP contribution < -0.4 is 11.1 Å². The van der Waals surface area contributed by atoms with E-state index in [1.165, 1.54) is 11.3 Å². The second kappa shape index (κ2) is 9.32. The highest BCUT2D eigenvalue weighted by Gasteiger charge is 2.37. The van der Waals surface area contributed by atoms with Crippen LogP contribution in [0.4, 0.5) is 0 Å². The van der Waals surface area contributed by atoms with Gasteiger partial charge in [-0.1, -0.05) is 6.07 Å². The molecule has 2 saturated heterocycles. The number of piperidine rings is 2. The topological polar surface area (TPSA) is 95.7 Å². The number of thiophene rings is 1. The van der Waals surface area contributed by atoms with Crippen molar-refractivity contribution in [2.75, 3.05) is 32.7 Å². The van der Waals surface area contributed by atoms with E-state index in [-0.39, 0.29) is 23.6 Å². The summed E-state index contributed by atoms with van der Waals surface area (Å²) in [4.78, 5) is 42.5. The summed E-state index contributed by atoms with van der Waals surface area (Å²) in [5.74, 6) is -0.305. The molecule has 2 aliphatic rings. The molecule has 2 aliphatic heterocycles. The van der Waals surface area contributed by atoms with Crippen LogP contribution in [0.15, 0.2) is 17.5 Å². The van der Waals surface area contributed by atoms with Crippen molar-refractivity contribution in [3.8, 4) is 0 Å². The second-order valence-corrected chi connectivity index (χ2v) is 8.14. The first kappa shape index (κ1) is 19.8. The summed E-state index contributed by atoms with van der Waals surface area (Å²) in [5.41, 5.74) is 5.45. The summed E-state index contributed by atoms with van der Waals surface area (Å²) >= 11 is 1.41. The van der Waals surface area contributed by atoms with Crippen molar-refractivity contribution in [1.82, 2.24) is 15.1 Å². The van der Waals surface area contributed by atoms with Crippen molar-refractivity contribution in [1.29, 1.82) is 0 Å². The average Bonchev–Trinajstić information content (AvgIpc) is 3.26. The van der Waals surface area contributed by atoms with Crippen LogP contribution in [0.25, 0.3) is 0 Å². The van der Waals surface area contributed by atoms with Gasteiger partial charge in [-0.3, -0.25) is 14.4 Å². The molecule has 0 spiro atoms. The normalized spacial score (nSPS) is 23.1. The molecule has 0 saturated carbocycles. The Balaban J connectivity index is 1.67. The van der Waals surface area contributed by atoms with Crippen molar-refractivity contribution >= 4 is 29.1 Å². The fourth-order valence-electron chi connectivity index (χ4n) is 3.91. The minimum Gasteiger partial charge on any atom is -0.355 e. The molecule has 27 heavy (non-hydrogen) atoms. The summed E-state index contributed by atoms with van der Waals surface area (Å²) in [6, 6.07) is 3.25. The molecular weight excluding hydrogens is 364 g/mol. The van der Waals surface area contributed by atoms with Crippen LogP contribution in [0.1, 0.15) is 41.8 Å². The van der Waals surface area contributed by atoms with E-state index in [0.717, 1.165) is 25.7 Å². The molecule has 3 rings (SSSR count). The van der Waals surface area contributed by atoms with Crippen LogP contribution in [-0.4, -0.2) is 66.3 Å². The standard InChI is InChI=1S/C19H28N4O3S/c20-8-9-21-17(24)14-5-3-10-22(13-14)18(25)15-6-1-2-11-23(15)19(26)16-7-4-12-27-16/h4,7,12,14-15H,1-3,5-6,8-11,13,20H2,(H,21,24). The first-order chi connectivity index (χ1) is 13.1. The third-order valence-corrected chi connectivity index (χ3v) is 6.19. The Hall–Kier alpha value is -1.93. The molecule has 3 N–H and O–H groups in total. The lowest BCUT2D eigenvalue weighted by molar-refractivity contribution is -0.140. The number of nitrogens with zero attached hydrogens (tertiary/aromatic N) is 2. The zero-order valence-electron chi connectivity index (χ0n) is 15.6. The summed E-state index contributed by atoms with van der Waals surface area (Å²) < 4.78 is 0. The summed E-state index contributed by atoms with van der Waals surface area (Å²) in [6.07, 6.45) is 4.14. The third kappa shape index (κ3) is 4.68. The summed E-state index contributed by atoms with van der Waals surface area (Å²) in [6.45, 7) is 2.54. The largest absolute Gasteiger partial charge is 0.355 e. The first-order valence-corrected chi connectivity index (χ1v) is 10.6. The van der Waals surface area contributed by atoms with Gasteiger partial charge in [0.05, 0.1) is 10.8 Å². The van der Waals surface area contributed by atoms with Gasteiger partial charge in [-0.2, -0.15) is 0 Å². The van der Waals surface area contributed by atoms with Crippen LogP contribution in [-0.2, 0) is 9.59 Å². The Morgan fingerprint density at radius 2 is 2.04 bits per heavy atom. The maximum atomic E-state index is 13.2. The Kier molecular flexibility index (Phi) is 6.84. The van der Waals surface area contributed by atoms with Crippen molar-refractivity contribution in [3.05, 3.63) is 22.4 Å². The van der Waals surface area contributed by atoms with Gasteiger partial charge in [0.2, 0.25) is 11.8 Å². The molecule has 1 aromatic rings. The molecule has 0 bridgehead atoms. The summed E-state index contributed by atoms with van der Waals surface area (Å²) in [7, 11) is 0. The Labute approximate surface area is 163 Å². The average molecular weight is 393 g/mol. The monoisotopic (exact) mass is 392 g/mol. The highest BCUT2D eigenvalue weighted by Crippen LogP contribution is 2.25. The molecule has 1 aromatic heterocycles. The number of carbonyl (C=O) groups is 3. The van der Waals surface area contributed by atoms with E-state index in [2.05, 4.69) is 5.32 Å². The maximum Gasteiger partial charge on any atom is 0.264 e. The first-order valence-electron chi connectivity index (χ1n) is 9.73. The molecular formula is C19H28N4O3S. The predicted molar refractivity (Wildman–Crippen MR) is 104 cm³/mol. The predicted octanol–water partition coefficient (Wildman–Crippen LogP) is 1.06. The van der Waals surface area contributed by atoms with Crippen molar-refractivity contribution in [2.45, 2.75) is 38.1 Å². The number of rotatable bonds is 5. The van der Waals surface area contributed by atoms with Crippen molar-refractivity contribution in [2.24, 2.45) is 11.7 Å². The highest BCUT2D eigenvalue weighted by atomic mass is 32.1. The minimum atomic E-state index is -0.417. The molecule has 0 aromatic carbocycles. The lowest BCUT2D eigenvalue weighted by Crippen LogP contribution is -2.55. The van der Waals surface area contributed by atoms with E-state index in [9.17, 15) is 14.4 Å². The van der Waals surface area contributed by atoms with Crippen LogP contribution in [0.2, 0.25) is 0 Å². The number of nitrogens with one attached hydrogen (secondary N) is 1. The van der Waals surface area contributed by atoms with E-state index in [4.69, 9.17) is 5.73 Å². The van der Waals surface area contributed by atoms with E-state index in [1.807, 2.05) is 17.5 Å². The molecule has 8 heteroatoms. The molecule has 2 fully saturated rings. The number of amides is 3. The minimum absolute atomic E-state index is 0.0177. The number of carbonyl (C=O) groups excluding carboxylic acids is 3. The van der Waals surface area contributed by atoms with Crippen LogP contribution >= 0.6 is 11.3 Å². The third-order valence-electron chi connectivity index (χ3n) is 5.33. The SMILES string of the molecule is NCCNC(=O)C1CCCN(C(=O)C2CCCCN2C(=O)c2cccs2)C1. The lowest BCUT2D eigenvalue weighted by Gasteiger charge is -2.40. The molecule has 0 aliphatic carbocycles. The van der Waals surface area contributed by atoms with E-state index >= 15 is 0 Å². The van der Waals surface area contributed by atoms with Crippen LogP contribution in [0.5, 0.6) is 0 Å². The van der Waals surface area contributed by atoms with E-state index in [0.29, 0.717) is 44.0 Å². The fourth-order valence-corrected chi connectivity index (χ4v) is 4.59. The zero-order valence-corrected chi connectivity index (χ0v) is 16.4. The molecule has 148 valence electrons. The van der Waals surface area contributed by atoms with Gasteiger partial charge in [0.15, 0.2) is 0 Å².